The Labute approximate surface area is 114 Å². The Kier molecular flexibility index (Phi) is 3.54. The minimum Gasteiger partial charge on any atom is -0.466 e. The molecule has 0 radical (unpaired) electrons. The Hall–Kier alpha value is -1.55. The molecule has 0 aliphatic heterocycles. The van der Waals surface area contributed by atoms with Crippen LogP contribution in [-0.2, 0) is 5.54 Å². The molecule has 1 N–H and O–H groups in total. The highest BCUT2D eigenvalue weighted by atomic mass is 16.3. The van der Waals surface area contributed by atoms with Gasteiger partial charge in [-0.15, -0.1) is 0 Å². The zero-order valence-electron chi connectivity index (χ0n) is 12.6. The van der Waals surface area contributed by atoms with E-state index in [1.807, 2.05) is 33.4 Å². The van der Waals surface area contributed by atoms with Crippen LogP contribution in [0.3, 0.4) is 0 Å². The second kappa shape index (κ2) is 4.85. The highest BCUT2D eigenvalue weighted by Gasteiger charge is 2.25. The predicted octanol–water partition coefficient (Wildman–Crippen LogP) is 3.16. The smallest absolute Gasteiger partial charge is 0.106 e. The predicted molar refractivity (Wildman–Crippen MR) is 76.3 cm³/mol. The van der Waals surface area contributed by atoms with Crippen molar-refractivity contribution in [2.45, 2.75) is 46.2 Å². The van der Waals surface area contributed by atoms with Crippen molar-refractivity contribution in [3.8, 4) is 0 Å². The number of hydrogen-bond donors (Lipinski definition) is 1. The summed E-state index contributed by atoms with van der Waals surface area (Å²) in [4.78, 5) is 4.31. The monoisotopic (exact) mass is 261 g/mol. The number of aryl methyl sites for hydroxylation is 2. The number of furan rings is 1. The van der Waals surface area contributed by atoms with Crippen LogP contribution in [0.15, 0.2) is 23.0 Å². The third-order valence-corrected chi connectivity index (χ3v) is 3.88. The molecule has 1 unspecified atom stereocenters. The molecule has 0 saturated heterocycles. The molecule has 1 atom stereocenters. The standard InChI is InChI=1S/C15H23N3O/c1-10-7-13(12(3)19-10)11(2)18-9-17-8-14(18)15(4,5)16-6/h7-9,11,16H,1-6H3. The average Bonchev–Trinajstić information content (AvgIpc) is 2.95. The maximum Gasteiger partial charge on any atom is 0.106 e. The molecule has 19 heavy (non-hydrogen) atoms. The van der Waals surface area contributed by atoms with Gasteiger partial charge in [0.25, 0.3) is 0 Å². The van der Waals surface area contributed by atoms with E-state index >= 15 is 0 Å². The molecule has 4 nitrogen and oxygen atoms in total. The zero-order chi connectivity index (χ0) is 14.2. The molecule has 2 rings (SSSR count). The Bertz CT molecular complexity index is 566. The minimum atomic E-state index is -0.114. The number of imidazole rings is 1. The van der Waals surface area contributed by atoms with Crippen molar-refractivity contribution in [3.05, 3.63) is 41.4 Å². The lowest BCUT2D eigenvalue weighted by molar-refractivity contribution is 0.400. The molecule has 104 valence electrons. The summed E-state index contributed by atoms with van der Waals surface area (Å²) in [5.41, 5.74) is 2.27. The zero-order valence-corrected chi connectivity index (χ0v) is 12.6. The van der Waals surface area contributed by atoms with Gasteiger partial charge in [0.05, 0.1) is 29.8 Å². The van der Waals surface area contributed by atoms with Crippen molar-refractivity contribution in [2.75, 3.05) is 7.05 Å². The largest absolute Gasteiger partial charge is 0.466 e. The van der Waals surface area contributed by atoms with Crippen molar-refractivity contribution in [2.24, 2.45) is 0 Å². The first-order valence-electron chi connectivity index (χ1n) is 6.65. The quantitative estimate of drug-likeness (QED) is 0.919. The van der Waals surface area contributed by atoms with Gasteiger partial charge in [0.15, 0.2) is 0 Å². The van der Waals surface area contributed by atoms with Gasteiger partial charge in [-0.2, -0.15) is 0 Å². The SMILES string of the molecule is CNC(C)(C)c1cncn1C(C)c1cc(C)oc1C. The molecule has 0 fully saturated rings. The first kappa shape index (κ1) is 13.9. The topological polar surface area (TPSA) is 43.0 Å². The van der Waals surface area contributed by atoms with E-state index in [1.54, 1.807) is 0 Å². The van der Waals surface area contributed by atoms with Crippen LogP contribution in [0, 0.1) is 13.8 Å². The van der Waals surface area contributed by atoms with Crippen molar-refractivity contribution in [3.63, 3.8) is 0 Å². The van der Waals surface area contributed by atoms with Crippen LogP contribution < -0.4 is 5.32 Å². The van der Waals surface area contributed by atoms with Gasteiger partial charge in [0.1, 0.15) is 11.5 Å². The van der Waals surface area contributed by atoms with Crippen molar-refractivity contribution >= 4 is 0 Å². The molecule has 0 spiro atoms. The molecular weight excluding hydrogens is 238 g/mol. The number of aromatic nitrogens is 2. The summed E-state index contributed by atoms with van der Waals surface area (Å²) >= 11 is 0. The van der Waals surface area contributed by atoms with E-state index in [9.17, 15) is 0 Å². The van der Waals surface area contributed by atoms with Gasteiger partial charge in [0.2, 0.25) is 0 Å². The molecule has 0 aromatic carbocycles. The fourth-order valence-electron chi connectivity index (χ4n) is 2.44. The fraction of sp³-hybridized carbons (Fsp3) is 0.533. The van der Waals surface area contributed by atoms with Gasteiger partial charge in [0, 0.05) is 5.56 Å². The third-order valence-electron chi connectivity index (χ3n) is 3.88. The summed E-state index contributed by atoms with van der Waals surface area (Å²) in [6.07, 6.45) is 3.82. The number of rotatable bonds is 4. The molecule has 0 bridgehead atoms. The molecule has 2 heterocycles. The van der Waals surface area contributed by atoms with Crippen LogP contribution in [0.5, 0.6) is 0 Å². The Morgan fingerprint density at radius 2 is 2.05 bits per heavy atom. The Morgan fingerprint density at radius 3 is 2.58 bits per heavy atom. The average molecular weight is 261 g/mol. The maximum absolute atomic E-state index is 5.64. The van der Waals surface area contributed by atoms with Crippen LogP contribution in [0.1, 0.15) is 49.6 Å². The van der Waals surface area contributed by atoms with Crippen molar-refractivity contribution in [1.82, 2.24) is 14.9 Å². The van der Waals surface area contributed by atoms with Gasteiger partial charge < -0.3 is 14.3 Å². The summed E-state index contributed by atoms with van der Waals surface area (Å²) in [6.45, 7) is 10.5. The first-order chi connectivity index (χ1) is 8.86. The summed E-state index contributed by atoms with van der Waals surface area (Å²) < 4.78 is 7.84. The maximum atomic E-state index is 5.64. The second-order valence-electron chi connectivity index (χ2n) is 5.61. The summed E-state index contributed by atoms with van der Waals surface area (Å²) in [7, 11) is 1.97. The summed E-state index contributed by atoms with van der Waals surface area (Å²) in [5.74, 6) is 1.93. The van der Waals surface area contributed by atoms with Gasteiger partial charge in [-0.1, -0.05) is 0 Å². The lowest BCUT2D eigenvalue weighted by Gasteiger charge is -2.28. The molecule has 2 aromatic rings. The van der Waals surface area contributed by atoms with E-state index in [0.717, 1.165) is 11.5 Å². The van der Waals surface area contributed by atoms with Gasteiger partial charge in [-0.05, 0) is 47.7 Å². The van der Waals surface area contributed by atoms with E-state index in [4.69, 9.17) is 4.42 Å². The Balaban J connectivity index is 2.43. The van der Waals surface area contributed by atoms with Crippen LogP contribution in [0.2, 0.25) is 0 Å². The van der Waals surface area contributed by atoms with Crippen molar-refractivity contribution < 1.29 is 4.42 Å². The van der Waals surface area contributed by atoms with Gasteiger partial charge in [-0.25, -0.2) is 4.98 Å². The number of hydrogen-bond acceptors (Lipinski definition) is 3. The Morgan fingerprint density at radius 1 is 1.37 bits per heavy atom. The number of nitrogens with zero attached hydrogens (tertiary/aromatic N) is 2. The van der Waals surface area contributed by atoms with E-state index in [0.29, 0.717) is 0 Å². The van der Waals surface area contributed by atoms with Crippen LogP contribution in [-0.4, -0.2) is 16.6 Å². The van der Waals surface area contributed by atoms with Crippen LogP contribution >= 0.6 is 0 Å². The highest BCUT2D eigenvalue weighted by Crippen LogP contribution is 2.29. The lowest BCUT2D eigenvalue weighted by Crippen LogP contribution is -2.36. The van der Waals surface area contributed by atoms with E-state index < -0.39 is 0 Å². The molecule has 2 aromatic heterocycles. The number of nitrogens with one attached hydrogen (secondary N) is 1. The molecule has 0 aliphatic rings. The molecule has 0 amide bonds. The van der Waals surface area contributed by atoms with Crippen LogP contribution in [0.4, 0.5) is 0 Å². The lowest BCUT2D eigenvalue weighted by atomic mass is 10.00. The van der Waals surface area contributed by atoms with Crippen molar-refractivity contribution in [1.29, 1.82) is 0 Å². The minimum absolute atomic E-state index is 0.114. The van der Waals surface area contributed by atoms with E-state index in [2.05, 4.69) is 41.7 Å². The third kappa shape index (κ3) is 2.45. The molecule has 0 aliphatic carbocycles. The summed E-state index contributed by atoms with van der Waals surface area (Å²) in [5, 5.41) is 3.33. The normalized spacial score (nSPS) is 13.8. The van der Waals surface area contributed by atoms with Crippen LogP contribution in [0.25, 0.3) is 0 Å². The van der Waals surface area contributed by atoms with E-state index in [-0.39, 0.29) is 11.6 Å². The first-order valence-corrected chi connectivity index (χ1v) is 6.65. The molecular formula is C15H23N3O. The summed E-state index contributed by atoms with van der Waals surface area (Å²) in [6, 6.07) is 2.32. The highest BCUT2D eigenvalue weighted by molar-refractivity contribution is 5.26. The fourth-order valence-corrected chi connectivity index (χ4v) is 2.44. The van der Waals surface area contributed by atoms with E-state index in [1.165, 1.54) is 11.3 Å². The van der Waals surface area contributed by atoms with Gasteiger partial charge in [-0.3, -0.25) is 0 Å². The van der Waals surface area contributed by atoms with Gasteiger partial charge >= 0.3 is 0 Å². The molecule has 4 heteroatoms. The second-order valence-corrected chi connectivity index (χ2v) is 5.61. The molecule has 0 saturated carbocycles.